The van der Waals surface area contributed by atoms with Crippen LogP contribution in [0.5, 0.6) is 0 Å². The van der Waals surface area contributed by atoms with Gasteiger partial charge in [0.15, 0.2) is 0 Å². The van der Waals surface area contributed by atoms with Crippen LogP contribution in [-0.4, -0.2) is 54.1 Å². The van der Waals surface area contributed by atoms with Gasteiger partial charge in [-0.25, -0.2) is 0 Å². The first-order valence-corrected chi connectivity index (χ1v) is 12.1. The molecule has 3 rings (SSSR count). The largest absolute Gasteiger partial charge is 0.417 e. The number of carbonyl (C=O) groups excluding carboxylic acids is 2. The number of thioether (sulfide) groups is 1. The molecule has 0 bridgehead atoms. The first-order chi connectivity index (χ1) is 15.1. The Labute approximate surface area is 191 Å². The fourth-order valence-corrected chi connectivity index (χ4v) is 6.17. The van der Waals surface area contributed by atoms with Gasteiger partial charge in [0.1, 0.15) is 6.29 Å². The third kappa shape index (κ3) is 5.25. The van der Waals surface area contributed by atoms with Crippen molar-refractivity contribution in [3.05, 3.63) is 23.3 Å². The minimum atomic E-state index is -4.69. The molecule has 0 aromatic heterocycles. The van der Waals surface area contributed by atoms with Crippen molar-refractivity contribution in [1.29, 1.82) is 0 Å². The van der Waals surface area contributed by atoms with Gasteiger partial charge in [-0.15, -0.1) is 11.8 Å². The summed E-state index contributed by atoms with van der Waals surface area (Å²) in [5.74, 6) is -0.611. The molecular weight excluding hydrogens is 439 g/mol. The fraction of sp³-hybridized carbons (Fsp3) is 0.652. The van der Waals surface area contributed by atoms with E-state index < -0.39 is 22.4 Å². The standard InChI is InChI=1S/C23H32F3N3O2S/c1-15(2)29(16-7-6-10-28-13-16)21(31)17-11-19(27-3)20(12-18(17)23(24,25)26)32-22(14-30)8-4-5-9-22/h11-12,14-16,27-28H,4-10,13H2,1-3H3/t16-/m1/s1. The molecule has 1 aliphatic heterocycles. The molecule has 1 amide bonds. The Morgan fingerprint density at radius 3 is 2.47 bits per heavy atom. The monoisotopic (exact) mass is 471 g/mol. The summed E-state index contributed by atoms with van der Waals surface area (Å²) in [6.45, 7) is 5.08. The van der Waals surface area contributed by atoms with Gasteiger partial charge in [-0.3, -0.25) is 4.79 Å². The van der Waals surface area contributed by atoms with Gasteiger partial charge in [0.25, 0.3) is 5.91 Å². The Bertz CT molecular complexity index is 833. The average Bonchev–Trinajstić information content (AvgIpc) is 3.22. The average molecular weight is 472 g/mol. The number of nitrogens with zero attached hydrogens (tertiary/aromatic N) is 1. The van der Waals surface area contributed by atoms with Crippen LogP contribution in [0.2, 0.25) is 0 Å². The van der Waals surface area contributed by atoms with Crippen LogP contribution in [0.15, 0.2) is 17.0 Å². The zero-order valence-corrected chi connectivity index (χ0v) is 19.7. The second kappa shape index (κ2) is 10.0. The van der Waals surface area contributed by atoms with E-state index in [1.54, 1.807) is 11.9 Å². The molecule has 5 nitrogen and oxygen atoms in total. The fourth-order valence-electron chi connectivity index (χ4n) is 4.74. The molecule has 1 atom stereocenters. The van der Waals surface area contributed by atoms with E-state index in [0.29, 0.717) is 30.0 Å². The van der Waals surface area contributed by atoms with Crippen LogP contribution in [0.4, 0.5) is 18.9 Å². The molecule has 0 unspecified atom stereocenters. The summed E-state index contributed by atoms with van der Waals surface area (Å²) in [6, 6.07) is 1.97. The normalized spacial score (nSPS) is 20.9. The predicted octanol–water partition coefficient (Wildman–Crippen LogP) is 4.95. The van der Waals surface area contributed by atoms with Crippen molar-refractivity contribution in [1.82, 2.24) is 10.2 Å². The quantitative estimate of drug-likeness (QED) is 0.551. The van der Waals surface area contributed by atoms with Crippen LogP contribution in [0, 0.1) is 0 Å². The Balaban J connectivity index is 2.06. The maximum Gasteiger partial charge on any atom is 0.417 e. The number of benzene rings is 1. The first kappa shape index (κ1) is 24.9. The Kier molecular flexibility index (Phi) is 7.81. The summed E-state index contributed by atoms with van der Waals surface area (Å²) in [7, 11) is 1.62. The summed E-state index contributed by atoms with van der Waals surface area (Å²) in [5, 5.41) is 6.18. The molecule has 1 heterocycles. The SMILES string of the molecule is CNc1cc(C(=O)N(C(C)C)[C@@H]2CCCNC2)c(C(F)(F)F)cc1SC1(C=O)CCCC1. The van der Waals surface area contributed by atoms with Crippen LogP contribution in [0.25, 0.3) is 0 Å². The third-order valence-electron chi connectivity index (χ3n) is 6.36. The lowest BCUT2D eigenvalue weighted by Crippen LogP contribution is -2.52. The van der Waals surface area contributed by atoms with E-state index in [0.717, 1.165) is 44.6 Å². The summed E-state index contributed by atoms with van der Waals surface area (Å²) in [5.41, 5.74) is -0.862. The number of amides is 1. The molecule has 1 saturated heterocycles. The van der Waals surface area contributed by atoms with Gasteiger partial charge in [-0.05, 0) is 58.2 Å². The van der Waals surface area contributed by atoms with E-state index in [-0.39, 0.29) is 17.6 Å². The molecule has 2 aliphatic rings. The molecule has 32 heavy (non-hydrogen) atoms. The number of hydrogen-bond acceptors (Lipinski definition) is 5. The summed E-state index contributed by atoms with van der Waals surface area (Å²) >= 11 is 1.18. The Morgan fingerprint density at radius 2 is 1.97 bits per heavy atom. The number of piperidine rings is 1. The highest BCUT2D eigenvalue weighted by Crippen LogP contribution is 2.48. The topological polar surface area (TPSA) is 61.4 Å². The molecule has 9 heteroatoms. The summed E-state index contributed by atoms with van der Waals surface area (Å²) in [4.78, 5) is 27.2. The van der Waals surface area contributed by atoms with Gasteiger partial charge < -0.3 is 20.3 Å². The van der Waals surface area contributed by atoms with Gasteiger partial charge in [0.05, 0.1) is 15.9 Å². The second-order valence-corrected chi connectivity index (χ2v) is 10.4. The van der Waals surface area contributed by atoms with E-state index >= 15 is 0 Å². The molecule has 0 spiro atoms. The predicted molar refractivity (Wildman–Crippen MR) is 121 cm³/mol. The molecule has 0 radical (unpaired) electrons. The smallest absolute Gasteiger partial charge is 0.387 e. The number of carbonyl (C=O) groups is 2. The van der Waals surface area contributed by atoms with Crippen molar-refractivity contribution >= 4 is 29.6 Å². The first-order valence-electron chi connectivity index (χ1n) is 11.2. The molecule has 1 aromatic carbocycles. The summed E-state index contributed by atoms with van der Waals surface area (Å²) < 4.78 is 41.7. The lowest BCUT2D eigenvalue weighted by molar-refractivity contribution is -0.138. The van der Waals surface area contributed by atoms with Crippen LogP contribution in [-0.2, 0) is 11.0 Å². The van der Waals surface area contributed by atoms with E-state index in [9.17, 15) is 22.8 Å². The van der Waals surface area contributed by atoms with Gasteiger partial charge in [-0.1, -0.05) is 12.8 Å². The molecule has 1 saturated carbocycles. The van der Waals surface area contributed by atoms with Crippen molar-refractivity contribution in [2.24, 2.45) is 0 Å². The van der Waals surface area contributed by atoms with Crippen LogP contribution in [0.1, 0.15) is 68.3 Å². The van der Waals surface area contributed by atoms with Crippen LogP contribution in [0.3, 0.4) is 0 Å². The number of nitrogens with one attached hydrogen (secondary N) is 2. The van der Waals surface area contributed by atoms with Gasteiger partial charge in [-0.2, -0.15) is 13.2 Å². The summed E-state index contributed by atoms with van der Waals surface area (Å²) in [6.07, 6.45) is 0.844. The van der Waals surface area contributed by atoms with E-state index in [4.69, 9.17) is 0 Å². The van der Waals surface area contributed by atoms with Crippen molar-refractivity contribution in [3.63, 3.8) is 0 Å². The highest BCUT2D eigenvalue weighted by molar-refractivity contribution is 8.01. The zero-order valence-electron chi connectivity index (χ0n) is 18.8. The van der Waals surface area contributed by atoms with Gasteiger partial charge in [0, 0.05) is 36.3 Å². The van der Waals surface area contributed by atoms with Crippen LogP contribution < -0.4 is 10.6 Å². The Morgan fingerprint density at radius 1 is 1.28 bits per heavy atom. The number of rotatable bonds is 7. The van der Waals surface area contributed by atoms with Crippen LogP contribution >= 0.6 is 11.8 Å². The number of hydrogen-bond donors (Lipinski definition) is 2. The zero-order chi connectivity index (χ0) is 23.5. The minimum absolute atomic E-state index is 0.152. The number of alkyl halides is 3. The lowest BCUT2D eigenvalue weighted by Gasteiger charge is -2.38. The molecular formula is C23H32F3N3O2S. The maximum absolute atomic E-state index is 14.1. The number of aldehydes is 1. The van der Waals surface area contributed by atoms with E-state index in [2.05, 4.69) is 10.6 Å². The molecule has 2 N–H and O–H groups in total. The van der Waals surface area contributed by atoms with Crippen molar-refractivity contribution in [2.75, 3.05) is 25.5 Å². The molecule has 2 fully saturated rings. The number of halogens is 3. The van der Waals surface area contributed by atoms with Gasteiger partial charge in [0.2, 0.25) is 0 Å². The van der Waals surface area contributed by atoms with Crippen molar-refractivity contribution in [2.45, 2.75) is 80.3 Å². The number of anilines is 1. The third-order valence-corrected chi connectivity index (χ3v) is 7.83. The lowest BCUT2D eigenvalue weighted by atomic mass is 9.99. The highest BCUT2D eigenvalue weighted by atomic mass is 32.2. The van der Waals surface area contributed by atoms with Crippen molar-refractivity contribution < 1.29 is 22.8 Å². The molecule has 1 aliphatic carbocycles. The van der Waals surface area contributed by atoms with E-state index in [1.165, 1.54) is 17.8 Å². The minimum Gasteiger partial charge on any atom is -0.387 e. The van der Waals surface area contributed by atoms with E-state index in [1.807, 2.05) is 13.8 Å². The second-order valence-electron chi connectivity index (χ2n) is 8.94. The Hall–Kier alpha value is -1.74. The van der Waals surface area contributed by atoms with Crippen molar-refractivity contribution in [3.8, 4) is 0 Å². The molecule has 178 valence electrons. The van der Waals surface area contributed by atoms with Gasteiger partial charge >= 0.3 is 6.18 Å². The highest BCUT2D eigenvalue weighted by Gasteiger charge is 2.41. The molecule has 1 aromatic rings. The maximum atomic E-state index is 14.1.